The van der Waals surface area contributed by atoms with Crippen LogP contribution in [0.15, 0.2) is 89.5 Å². The number of hydrogen-bond acceptors (Lipinski definition) is 6. The molecule has 2 aromatic heterocycles. The number of aromatic nitrogens is 1. The van der Waals surface area contributed by atoms with Crippen LogP contribution >= 0.6 is 0 Å². The number of anilines is 1. The Bertz CT molecular complexity index is 1830. The quantitative estimate of drug-likeness (QED) is 0.236. The fraction of sp³-hybridized carbons (Fsp3) is 0.229. The van der Waals surface area contributed by atoms with Crippen LogP contribution in [-0.2, 0) is 11.3 Å². The van der Waals surface area contributed by atoms with Gasteiger partial charge >= 0.3 is 0 Å². The average molecular weight is 590 g/mol. The number of nitrogens with two attached hydrogens (primary N) is 1. The number of fused-ring (bicyclic) bond motifs is 1. The van der Waals surface area contributed by atoms with E-state index in [1.54, 1.807) is 24.4 Å². The number of rotatable bonds is 7. The minimum absolute atomic E-state index is 0.0258. The Morgan fingerprint density at radius 2 is 1.70 bits per heavy atom. The molecule has 3 heterocycles. The lowest BCUT2D eigenvalue weighted by Gasteiger charge is -2.27. The lowest BCUT2D eigenvalue weighted by molar-refractivity contribution is -0.122. The second-order valence-electron chi connectivity index (χ2n) is 11.5. The van der Waals surface area contributed by atoms with Gasteiger partial charge in [-0.15, -0.1) is 0 Å². The zero-order chi connectivity index (χ0) is 30.2. The number of nitrogen functional groups attached to an aromatic ring is 1. The minimum Gasteiger partial charge on any atom is -0.459 e. The Morgan fingerprint density at radius 1 is 0.955 bits per heavy atom. The van der Waals surface area contributed by atoms with Gasteiger partial charge in [-0.2, -0.15) is 0 Å². The van der Waals surface area contributed by atoms with Crippen molar-refractivity contribution in [3.05, 3.63) is 108 Å². The molecular weight excluding hydrogens is 557 g/mol. The van der Waals surface area contributed by atoms with Gasteiger partial charge in [-0.25, -0.2) is 9.37 Å². The summed E-state index contributed by atoms with van der Waals surface area (Å²) >= 11 is 0. The number of furan rings is 1. The highest BCUT2D eigenvalue weighted by atomic mass is 19.1. The van der Waals surface area contributed by atoms with Crippen molar-refractivity contribution in [2.45, 2.75) is 18.9 Å². The first-order chi connectivity index (χ1) is 21.4. The van der Waals surface area contributed by atoms with E-state index in [1.807, 2.05) is 53.4 Å². The lowest BCUT2D eigenvalue weighted by Crippen LogP contribution is -2.46. The Labute approximate surface area is 254 Å². The minimum atomic E-state index is -0.318. The van der Waals surface area contributed by atoms with Crippen molar-refractivity contribution in [1.82, 2.24) is 20.5 Å². The topological polar surface area (TPSA) is 113 Å². The third-order valence-corrected chi connectivity index (χ3v) is 8.49. The van der Waals surface area contributed by atoms with E-state index in [9.17, 15) is 14.0 Å². The molecule has 2 amide bonds. The first-order valence-corrected chi connectivity index (χ1v) is 14.8. The maximum Gasteiger partial charge on any atom is 0.253 e. The van der Waals surface area contributed by atoms with Crippen molar-refractivity contribution in [3.63, 3.8) is 0 Å². The molecule has 0 spiro atoms. The summed E-state index contributed by atoms with van der Waals surface area (Å²) in [7, 11) is 0. The van der Waals surface area contributed by atoms with Gasteiger partial charge in [0.2, 0.25) is 5.91 Å². The maximum absolute atomic E-state index is 13.8. The van der Waals surface area contributed by atoms with Crippen molar-refractivity contribution in [3.8, 4) is 22.3 Å². The highest BCUT2D eigenvalue weighted by Gasteiger charge is 2.44. The molecule has 8 nitrogen and oxygen atoms in total. The molecule has 2 fully saturated rings. The monoisotopic (exact) mass is 589 g/mol. The Morgan fingerprint density at radius 3 is 2.43 bits per heavy atom. The van der Waals surface area contributed by atoms with Crippen LogP contribution in [0.3, 0.4) is 0 Å². The van der Waals surface area contributed by atoms with Crippen LogP contribution in [0.4, 0.5) is 10.2 Å². The zero-order valence-corrected chi connectivity index (χ0v) is 24.1. The number of carbonyl (C=O) groups excluding carboxylic acids is 2. The van der Waals surface area contributed by atoms with Crippen LogP contribution < -0.4 is 16.4 Å². The molecular formula is C35H32FN5O3. The van der Waals surface area contributed by atoms with Gasteiger partial charge in [0.25, 0.3) is 5.91 Å². The predicted octanol–water partition coefficient (Wildman–Crippen LogP) is 5.35. The smallest absolute Gasteiger partial charge is 0.253 e. The van der Waals surface area contributed by atoms with E-state index in [0.717, 1.165) is 52.7 Å². The molecule has 3 aromatic carbocycles. The van der Waals surface area contributed by atoms with Crippen molar-refractivity contribution in [2.75, 3.05) is 31.9 Å². The summed E-state index contributed by atoms with van der Waals surface area (Å²) in [5, 5.41) is 7.16. The van der Waals surface area contributed by atoms with Gasteiger partial charge < -0.3 is 25.7 Å². The third-order valence-electron chi connectivity index (χ3n) is 8.49. The zero-order valence-electron chi connectivity index (χ0n) is 24.1. The summed E-state index contributed by atoms with van der Waals surface area (Å²) in [6.07, 6.45) is 2.51. The Hall–Kier alpha value is -5.02. The fourth-order valence-corrected chi connectivity index (χ4v) is 5.95. The van der Waals surface area contributed by atoms with Gasteiger partial charge in [0.15, 0.2) is 0 Å². The summed E-state index contributed by atoms with van der Waals surface area (Å²) in [5.41, 5.74) is 11.5. The van der Waals surface area contributed by atoms with Gasteiger partial charge in [0.1, 0.15) is 23.0 Å². The number of amides is 2. The number of carbonyl (C=O) groups is 2. The van der Waals surface area contributed by atoms with Gasteiger partial charge in [-0.05, 0) is 83.1 Å². The second kappa shape index (κ2) is 11.6. The lowest BCUT2D eigenvalue weighted by atomic mass is 9.96. The Kier molecular flexibility index (Phi) is 7.31. The van der Waals surface area contributed by atoms with Crippen molar-refractivity contribution < 1.29 is 18.4 Å². The summed E-state index contributed by atoms with van der Waals surface area (Å²) in [5.74, 6) is 0.810. The molecule has 5 aromatic rings. The second-order valence-corrected chi connectivity index (χ2v) is 11.5. The summed E-state index contributed by atoms with van der Waals surface area (Å²) < 4.78 is 20.1. The van der Waals surface area contributed by atoms with Crippen molar-refractivity contribution >= 4 is 28.6 Å². The number of halogens is 1. The fourth-order valence-electron chi connectivity index (χ4n) is 5.95. The predicted molar refractivity (Wildman–Crippen MR) is 167 cm³/mol. The van der Waals surface area contributed by atoms with E-state index in [4.69, 9.17) is 10.2 Å². The third kappa shape index (κ3) is 5.66. The molecule has 1 aliphatic carbocycles. The molecule has 2 atom stereocenters. The van der Waals surface area contributed by atoms with E-state index < -0.39 is 0 Å². The number of piperazine rings is 1. The first-order valence-electron chi connectivity index (χ1n) is 14.8. The largest absolute Gasteiger partial charge is 0.459 e. The van der Waals surface area contributed by atoms with E-state index in [1.165, 1.54) is 12.1 Å². The summed E-state index contributed by atoms with van der Waals surface area (Å²) in [6.45, 7) is 3.24. The van der Waals surface area contributed by atoms with Crippen LogP contribution in [-0.4, -0.2) is 47.9 Å². The van der Waals surface area contributed by atoms with Crippen LogP contribution in [0, 0.1) is 11.7 Å². The molecule has 1 saturated carbocycles. The van der Waals surface area contributed by atoms with Crippen molar-refractivity contribution in [2.24, 2.45) is 5.92 Å². The van der Waals surface area contributed by atoms with Crippen molar-refractivity contribution in [1.29, 1.82) is 0 Å². The average Bonchev–Trinajstić information content (AvgIpc) is 3.75. The van der Waals surface area contributed by atoms with Gasteiger partial charge in [-0.1, -0.05) is 30.3 Å². The van der Waals surface area contributed by atoms with E-state index in [-0.39, 0.29) is 36.0 Å². The van der Waals surface area contributed by atoms with Gasteiger partial charge in [-0.3, -0.25) is 9.59 Å². The molecule has 1 aliphatic heterocycles. The van der Waals surface area contributed by atoms with E-state index >= 15 is 0 Å². The summed E-state index contributed by atoms with van der Waals surface area (Å²) in [4.78, 5) is 31.9. The number of hydrogen-bond donors (Lipinski definition) is 3. The highest BCUT2D eigenvalue weighted by molar-refractivity contribution is 5.98. The molecule has 44 heavy (non-hydrogen) atoms. The molecule has 2 aliphatic rings. The molecule has 1 saturated heterocycles. The molecule has 0 radical (unpaired) electrons. The molecule has 4 N–H and O–H groups in total. The van der Waals surface area contributed by atoms with E-state index in [0.29, 0.717) is 35.8 Å². The first kappa shape index (κ1) is 27.8. The molecule has 7 rings (SSSR count). The van der Waals surface area contributed by atoms with E-state index in [2.05, 4.69) is 15.6 Å². The Balaban J connectivity index is 1.13. The number of nitrogens with zero attached hydrogens (tertiary/aromatic N) is 2. The van der Waals surface area contributed by atoms with Gasteiger partial charge in [0, 0.05) is 54.8 Å². The molecule has 0 bridgehead atoms. The molecule has 1 unspecified atom stereocenters. The standard InChI is InChI=1S/C35H32FN5O3/c36-27-8-5-22(6-9-27)30-17-25(21-1-3-23(4-2-21)35(43)41-13-11-38-12-14-41)15-26-16-28(44-33(26)30)20-40-34(42)31-18-29(31)24-7-10-32(37)39-19-24/h1-10,15-17,19,29,31,38H,11-14,18,20H2,(H2,37,39)(H,40,42)/t29?,31-/m1/s1. The van der Waals surface area contributed by atoms with Crippen LogP contribution in [0.5, 0.6) is 0 Å². The van der Waals surface area contributed by atoms with Gasteiger partial charge in [0.05, 0.1) is 6.54 Å². The number of nitrogens with one attached hydrogen (secondary N) is 2. The SMILES string of the molecule is Nc1ccc(C2C[C@H]2C(=O)NCc2cc3cc(-c4ccc(C(=O)N5CCNCC5)cc4)cc(-c4ccc(F)cc4)c3o2)cn1. The maximum atomic E-state index is 13.8. The van der Waals surface area contributed by atoms with Crippen LogP contribution in [0.25, 0.3) is 33.2 Å². The van der Waals surface area contributed by atoms with Crippen LogP contribution in [0.2, 0.25) is 0 Å². The molecule has 9 heteroatoms. The summed E-state index contributed by atoms with van der Waals surface area (Å²) in [6, 6.07) is 23.6. The normalized spacial score (nSPS) is 17.9. The highest BCUT2D eigenvalue weighted by Crippen LogP contribution is 2.47. The van der Waals surface area contributed by atoms with Crippen LogP contribution in [0.1, 0.15) is 34.0 Å². The molecule has 222 valence electrons. The number of pyridine rings is 1. The number of benzene rings is 3.